The molecule has 0 radical (unpaired) electrons. The molecule has 0 fully saturated rings. The van der Waals surface area contributed by atoms with Crippen molar-refractivity contribution in [2.75, 3.05) is 0 Å². The van der Waals surface area contributed by atoms with Crippen LogP contribution in [0.4, 0.5) is 10.8 Å². The van der Waals surface area contributed by atoms with Gasteiger partial charge in [0.25, 0.3) is 5.56 Å². The molecule has 0 aliphatic rings. The molecule has 0 aliphatic heterocycles. The first-order chi connectivity index (χ1) is 14.6. The van der Waals surface area contributed by atoms with Crippen molar-refractivity contribution in [2.45, 2.75) is 4.90 Å². The lowest BCUT2D eigenvalue weighted by atomic mass is 10.2. The highest BCUT2D eigenvalue weighted by Crippen LogP contribution is 2.27. The van der Waals surface area contributed by atoms with E-state index in [0.29, 0.717) is 16.4 Å². The minimum atomic E-state index is -0.630. The third kappa shape index (κ3) is 3.84. The van der Waals surface area contributed by atoms with Crippen molar-refractivity contribution in [1.82, 2.24) is 13.9 Å². The Morgan fingerprint density at radius 1 is 1.10 bits per heavy atom. The van der Waals surface area contributed by atoms with E-state index in [1.807, 2.05) is 36.4 Å². The zero-order chi connectivity index (χ0) is 21.1. The summed E-state index contributed by atoms with van der Waals surface area (Å²) in [7, 11) is 0. The summed E-state index contributed by atoms with van der Waals surface area (Å²) in [5.41, 5.74) is 0.346. The van der Waals surface area contributed by atoms with Gasteiger partial charge in [-0.3, -0.25) is 4.79 Å². The van der Waals surface area contributed by atoms with Crippen LogP contribution in [0.15, 0.2) is 80.6 Å². The Balaban J connectivity index is 1.74. The van der Waals surface area contributed by atoms with Gasteiger partial charge in [0.15, 0.2) is 11.5 Å². The maximum atomic E-state index is 12.9. The smallest absolute Gasteiger partial charge is 0.285 e. The average Bonchev–Trinajstić information content (AvgIpc) is 3.24. The van der Waals surface area contributed by atoms with Crippen molar-refractivity contribution in [1.29, 1.82) is 5.26 Å². The van der Waals surface area contributed by atoms with Crippen molar-refractivity contribution >= 4 is 35.0 Å². The van der Waals surface area contributed by atoms with Crippen LogP contribution in [0.1, 0.15) is 5.56 Å². The van der Waals surface area contributed by atoms with E-state index in [-0.39, 0.29) is 16.4 Å². The van der Waals surface area contributed by atoms with Crippen LogP contribution in [0.25, 0.3) is 17.1 Å². The zero-order valence-electron chi connectivity index (χ0n) is 15.2. The van der Waals surface area contributed by atoms with Crippen molar-refractivity contribution < 1.29 is 5.11 Å². The predicted octanol–water partition coefficient (Wildman–Crippen LogP) is 4.64. The Morgan fingerprint density at radius 2 is 1.83 bits per heavy atom. The van der Waals surface area contributed by atoms with Gasteiger partial charge in [-0.15, -0.1) is 22.9 Å². The first-order valence-electron chi connectivity index (χ1n) is 8.56. The molecule has 0 aliphatic carbocycles. The first kappa shape index (κ1) is 19.5. The van der Waals surface area contributed by atoms with Gasteiger partial charge in [-0.25, -0.2) is 4.57 Å². The van der Waals surface area contributed by atoms with Gasteiger partial charge in [0.1, 0.15) is 11.6 Å². The maximum Gasteiger partial charge on any atom is 0.285 e. The number of pyridine rings is 1. The second-order valence-electron chi connectivity index (χ2n) is 6.00. The van der Waals surface area contributed by atoms with Crippen LogP contribution in [0.3, 0.4) is 0 Å². The second kappa shape index (κ2) is 8.28. The van der Waals surface area contributed by atoms with E-state index in [9.17, 15) is 15.2 Å². The molecule has 0 saturated carbocycles. The quantitative estimate of drug-likeness (QED) is 0.360. The number of nitrogens with zero attached hydrogens (tertiary/aromatic N) is 6. The van der Waals surface area contributed by atoms with Gasteiger partial charge in [-0.2, -0.15) is 14.6 Å². The normalized spacial score (nSPS) is 10.9. The van der Waals surface area contributed by atoms with Crippen molar-refractivity contribution in [3.05, 3.63) is 76.6 Å². The molecular weight excluding hydrogens is 420 g/mol. The van der Waals surface area contributed by atoms with E-state index in [0.717, 1.165) is 21.7 Å². The molecule has 0 saturated heterocycles. The second-order valence-corrected chi connectivity index (χ2v) is 7.25. The molecular formula is C20H12N6O2S2. The summed E-state index contributed by atoms with van der Waals surface area (Å²) in [4.78, 5) is 17.9. The Kier molecular flexibility index (Phi) is 5.38. The summed E-state index contributed by atoms with van der Waals surface area (Å²) >= 11 is 5.24. The average molecular weight is 432 g/mol. The molecule has 0 atom stereocenters. The molecule has 0 amide bonds. The highest BCUT2D eigenvalue weighted by Gasteiger charge is 2.16. The summed E-state index contributed by atoms with van der Waals surface area (Å²) < 4.78 is 5.23. The number of hydrogen-bond donors (Lipinski definition) is 2. The molecule has 10 heteroatoms. The number of azo groups is 1. The topological polar surface area (TPSA) is 117 Å². The molecule has 2 aromatic carbocycles. The molecule has 4 rings (SSSR count). The molecule has 2 heterocycles. The van der Waals surface area contributed by atoms with Crippen LogP contribution in [-0.4, -0.2) is 19.0 Å². The lowest BCUT2D eigenvalue weighted by molar-refractivity contribution is 0.434. The number of aromatic nitrogens is 3. The molecule has 146 valence electrons. The minimum Gasteiger partial charge on any atom is -0.493 e. The molecule has 0 unspecified atom stereocenters. The van der Waals surface area contributed by atoms with Crippen molar-refractivity contribution in [3.8, 4) is 29.0 Å². The monoisotopic (exact) mass is 432 g/mol. The van der Waals surface area contributed by atoms with Crippen LogP contribution < -0.4 is 5.56 Å². The van der Waals surface area contributed by atoms with E-state index in [1.54, 1.807) is 24.3 Å². The SMILES string of the molecule is N#Cc1cc(N=Nc2nc(-c3ccccc3)ns2)c(=O)n(-c2ccc(S)cc2)c1O. The highest BCUT2D eigenvalue weighted by atomic mass is 32.1. The van der Waals surface area contributed by atoms with Crippen LogP contribution in [0.5, 0.6) is 5.88 Å². The van der Waals surface area contributed by atoms with Crippen LogP contribution in [-0.2, 0) is 0 Å². The predicted molar refractivity (Wildman–Crippen MR) is 115 cm³/mol. The number of benzene rings is 2. The standard InChI is InChI=1S/C20H12N6O2S2/c21-11-13-10-16(19(28)26(18(13)27)14-6-8-15(29)9-7-14)23-24-20-22-17(25-30-20)12-4-2-1-3-5-12/h1-10,27,29H. The van der Waals surface area contributed by atoms with E-state index in [2.05, 4.69) is 32.2 Å². The summed E-state index contributed by atoms with van der Waals surface area (Å²) in [6.07, 6.45) is 0. The maximum absolute atomic E-state index is 12.9. The molecule has 0 spiro atoms. The number of rotatable bonds is 4. The Bertz CT molecular complexity index is 1340. The van der Waals surface area contributed by atoms with Gasteiger partial charge in [0.2, 0.25) is 11.0 Å². The van der Waals surface area contributed by atoms with Gasteiger partial charge in [-0.05, 0) is 30.3 Å². The van der Waals surface area contributed by atoms with Gasteiger partial charge in [0, 0.05) is 22.0 Å². The zero-order valence-corrected chi connectivity index (χ0v) is 16.9. The molecule has 4 aromatic rings. The number of nitriles is 1. The molecule has 2 aromatic heterocycles. The number of aromatic hydroxyl groups is 1. The van der Waals surface area contributed by atoms with Gasteiger partial charge in [-0.1, -0.05) is 30.3 Å². The summed E-state index contributed by atoms with van der Waals surface area (Å²) in [6, 6.07) is 19.0. The van der Waals surface area contributed by atoms with Gasteiger partial charge in [0.05, 0.1) is 5.69 Å². The van der Waals surface area contributed by atoms with Crippen molar-refractivity contribution in [3.63, 3.8) is 0 Å². The van der Waals surface area contributed by atoms with E-state index >= 15 is 0 Å². The molecule has 0 bridgehead atoms. The van der Waals surface area contributed by atoms with E-state index < -0.39 is 11.4 Å². The van der Waals surface area contributed by atoms with Crippen molar-refractivity contribution in [2.24, 2.45) is 10.2 Å². The third-order valence-corrected chi connectivity index (χ3v) is 4.97. The minimum absolute atomic E-state index is 0.110. The molecule has 1 N–H and O–H groups in total. The highest BCUT2D eigenvalue weighted by molar-refractivity contribution is 7.80. The lowest BCUT2D eigenvalue weighted by Crippen LogP contribution is -2.18. The summed E-state index contributed by atoms with van der Waals surface area (Å²) in [6.45, 7) is 0. The Morgan fingerprint density at radius 3 is 2.53 bits per heavy atom. The van der Waals surface area contributed by atoms with Gasteiger partial charge >= 0.3 is 0 Å². The Labute approximate surface area is 180 Å². The number of thiol groups is 1. The number of hydrogen-bond acceptors (Lipinski definition) is 9. The molecule has 30 heavy (non-hydrogen) atoms. The first-order valence-corrected chi connectivity index (χ1v) is 9.78. The fraction of sp³-hybridized carbons (Fsp3) is 0. The van der Waals surface area contributed by atoms with Gasteiger partial charge < -0.3 is 5.11 Å². The van der Waals surface area contributed by atoms with E-state index in [4.69, 9.17) is 0 Å². The van der Waals surface area contributed by atoms with Crippen LogP contribution in [0, 0.1) is 11.3 Å². The Hall–Kier alpha value is -3.81. The summed E-state index contributed by atoms with van der Waals surface area (Å²) in [5, 5.41) is 27.9. The largest absolute Gasteiger partial charge is 0.493 e. The molecule has 8 nitrogen and oxygen atoms in total. The fourth-order valence-electron chi connectivity index (χ4n) is 2.65. The summed E-state index contributed by atoms with van der Waals surface area (Å²) in [5.74, 6) is 0.0258. The fourth-order valence-corrected chi connectivity index (χ4v) is 3.31. The van der Waals surface area contributed by atoms with Crippen LogP contribution >= 0.6 is 24.2 Å². The van der Waals surface area contributed by atoms with E-state index in [1.165, 1.54) is 6.07 Å². The van der Waals surface area contributed by atoms with Crippen LogP contribution in [0.2, 0.25) is 0 Å². The third-order valence-electron chi connectivity index (χ3n) is 4.07. The lowest BCUT2D eigenvalue weighted by Gasteiger charge is -2.10.